The quantitative estimate of drug-likeness (QED) is 0.496. The van der Waals surface area contributed by atoms with Gasteiger partial charge in [0.1, 0.15) is 0 Å². The van der Waals surface area contributed by atoms with Crippen LogP contribution in [0.3, 0.4) is 0 Å². The van der Waals surface area contributed by atoms with E-state index >= 15 is 0 Å². The summed E-state index contributed by atoms with van der Waals surface area (Å²) < 4.78 is 56.9. The third-order valence-corrected chi connectivity index (χ3v) is 8.10. The van der Waals surface area contributed by atoms with Gasteiger partial charge in [-0.1, -0.05) is 42.5 Å². The molecule has 9 heteroatoms. The van der Waals surface area contributed by atoms with E-state index in [1.165, 1.54) is 12.1 Å². The molecule has 0 fully saturated rings. The topological polar surface area (TPSA) is 98.1 Å². The number of rotatable bonds is 6. The van der Waals surface area contributed by atoms with Gasteiger partial charge in [0, 0.05) is 11.6 Å². The van der Waals surface area contributed by atoms with Crippen LogP contribution in [0.4, 0.5) is 0 Å². The Balaban J connectivity index is 1.92. The zero-order chi connectivity index (χ0) is 21.4. The first-order chi connectivity index (χ1) is 14.3. The van der Waals surface area contributed by atoms with Gasteiger partial charge in [-0.15, -0.1) is 0 Å². The van der Waals surface area contributed by atoms with Crippen molar-refractivity contribution in [1.29, 1.82) is 0 Å². The van der Waals surface area contributed by atoms with Crippen LogP contribution in [0.15, 0.2) is 88.9 Å². The van der Waals surface area contributed by atoms with Crippen LogP contribution < -0.4 is 4.72 Å². The number of aryl methyl sites for hydroxylation is 1. The van der Waals surface area contributed by atoms with Crippen molar-refractivity contribution in [3.63, 3.8) is 0 Å². The summed E-state index contributed by atoms with van der Waals surface area (Å²) in [7, 11) is -8.34. The number of benzene rings is 2. The van der Waals surface area contributed by atoms with Crippen LogP contribution in [0, 0.1) is 6.92 Å². The number of aromatic nitrogens is 2. The average molecular weight is 442 g/mol. The molecule has 30 heavy (non-hydrogen) atoms. The van der Waals surface area contributed by atoms with E-state index in [2.05, 4.69) is 9.71 Å². The number of pyridine rings is 1. The van der Waals surface area contributed by atoms with Gasteiger partial charge in [0.2, 0.25) is 0 Å². The number of nitrogens with zero attached hydrogens (tertiary/aromatic N) is 2. The minimum Gasteiger partial charge on any atom is -0.260 e. The first-order valence-electron chi connectivity index (χ1n) is 9.12. The lowest BCUT2D eigenvalue weighted by Gasteiger charge is -2.13. The maximum atomic E-state index is 13.5. The maximum Gasteiger partial charge on any atom is 0.269 e. The smallest absolute Gasteiger partial charge is 0.260 e. The molecule has 0 bridgehead atoms. The van der Waals surface area contributed by atoms with E-state index < -0.39 is 20.0 Å². The van der Waals surface area contributed by atoms with Crippen LogP contribution in [0.25, 0.3) is 10.9 Å². The zero-order valence-corrected chi connectivity index (χ0v) is 17.7. The van der Waals surface area contributed by atoms with Crippen molar-refractivity contribution in [2.24, 2.45) is 0 Å². The molecule has 2 heterocycles. The second-order valence-corrected chi connectivity index (χ2v) is 10.1. The van der Waals surface area contributed by atoms with Crippen molar-refractivity contribution in [2.75, 3.05) is 0 Å². The van der Waals surface area contributed by atoms with Gasteiger partial charge in [0.05, 0.1) is 22.7 Å². The number of fused-ring (bicyclic) bond motifs is 1. The minimum atomic E-state index is -4.18. The molecule has 154 valence electrons. The van der Waals surface area contributed by atoms with E-state index in [-0.39, 0.29) is 16.5 Å². The summed E-state index contributed by atoms with van der Waals surface area (Å²) in [6.45, 7) is 1.55. The zero-order valence-electron chi connectivity index (χ0n) is 16.1. The normalized spacial score (nSPS) is 12.3. The fourth-order valence-electron chi connectivity index (χ4n) is 3.33. The summed E-state index contributed by atoms with van der Waals surface area (Å²) in [6.07, 6.45) is 1.56. The van der Waals surface area contributed by atoms with Crippen LogP contribution in [0.5, 0.6) is 0 Å². The molecule has 2 aromatic heterocycles. The molecule has 0 aliphatic rings. The van der Waals surface area contributed by atoms with Crippen molar-refractivity contribution < 1.29 is 16.8 Å². The molecular weight excluding hydrogens is 422 g/mol. The second-order valence-electron chi connectivity index (χ2n) is 6.68. The van der Waals surface area contributed by atoms with Crippen molar-refractivity contribution in [3.05, 3.63) is 90.3 Å². The van der Waals surface area contributed by atoms with Crippen LogP contribution in [-0.2, 0) is 26.6 Å². The lowest BCUT2D eigenvalue weighted by Crippen LogP contribution is -2.28. The highest BCUT2D eigenvalue weighted by Crippen LogP contribution is 2.32. The molecule has 7 nitrogen and oxygen atoms in total. The van der Waals surface area contributed by atoms with Gasteiger partial charge in [-0.25, -0.2) is 25.5 Å². The third kappa shape index (κ3) is 3.51. The molecule has 2 aromatic carbocycles. The SMILES string of the molecule is Cc1c(S(=O)(=O)NCc2ccccn2)n(S(=O)(=O)c2ccccc2)c2ccccc12. The van der Waals surface area contributed by atoms with Gasteiger partial charge in [0.25, 0.3) is 20.0 Å². The monoisotopic (exact) mass is 441 g/mol. The van der Waals surface area contributed by atoms with E-state index in [1.807, 2.05) is 0 Å². The fourth-order valence-corrected chi connectivity index (χ4v) is 6.71. The largest absolute Gasteiger partial charge is 0.269 e. The highest BCUT2D eigenvalue weighted by atomic mass is 32.2. The van der Waals surface area contributed by atoms with E-state index in [0.717, 1.165) is 3.97 Å². The number of sulfonamides is 1. The molecule has 0 atom stereocenters. The third-order valence-electron chi connectivity index (χ3n) is 4.74. The summed E-state index contributed by atoms with van der Waals surface area (Å²) in [4.78, 5) is 4.11. The molecule has 0 saturated heterocycles. The van der Waals surface area contributed by atoms with Crippen LogP contribution in [-0.4, -0.2) is 25.8 Å². The van der Waals surface area contributed by atoms with Crippen molar-refractivity contribution in [2.45, 2.75) is 23.4 Å². The second kappa shape index (κ2) is 7.67. The summed E-state index contributed by atoms with van der Waals surface area (Å²) in [5.41, 5.74) is 1.18. The van der Waals surface area contributed by atoms with Gasteiger partial charge < -0.3 is 0 Å². The molecule has 0 unspecified atom stereocenters. The standard InChI is InChI=1S/C21H19N3O4S2/c1-16-19-12-5-6-13-20(19)24(30(27,28)18-10-3-2-4-11-18)21(16)29(25,26)23-15-17-9-7-8-14-22-17/h2-14,23H,15H2,1H3. The minimum absolute atomic E-state index is 0.00642. The summed E-state index contributed by atoms with van der Waals surface area (Å²) in [5, 5.41) is 0.249. The molecule has 0 spiro atoms. The van der Waals surface area contributed by atoms with E-state index in [0.29, 0.717) is 22.2 Å². The Kier molecular flexibility index (Phi) is 5.19. The Labute approximate surface area is 175 Å². The molecule has 0 aliphatic carbocycles. The molecule has 1 N–H and O–H groups in total. The molecule has 0 radical (unpaired) electrons. The molecule has 4 aromatic rings. The maximum absolute atomic E-state index is 13.5. The highest BCUT2D eigenvalue weighted by molar-refractivity contribution is 7.92. The van der Waals surface area contributed by atoms with Gasteiger partial charge in [0.15, 0.2) is 5.03 Å². The van der Waals surface area contributed by atoms with Crippen LogP contribution in [0.1, 0.15) is 11.3 Å². The van der Waals surface area contributed by atoms with Crippen molar-refractivity contribution >= 4 is 30.9 Å². The molecule has 0 amide bonds. The Morgan fingerprint density at radius 1 is 0.867 bits per heavy atom. The van der Waals surface area contributed by atoms with Crippen LogP contribution >= 0.6 is 0 Å². The summed E-state index contributed by atoms with van der Waals surface area (Å²) in [6, 6.07) is 19.7. The Hall–Kier alpha value is -3.01. The van der Waals surface area contributed by atoms with Gasteiger partial charge in [-0.2, -0.15) is 0 Å². The molecule has 4 rings (SSSR count). The molecular formula is C21H19N3O4S2. The van der Waals surface area contributed by atoms with Gasteiger partial charge >= 0.3 is 0 Å². The number of para-hydroxylation sites is 1. The van der Waals surface area contributed by atoms with E-state index in [9.17, 15) is 16.8 Å². The summed E-state index contributed by atoms with van der Waals surface area (Å²) >= 11 is 0. The summed E-state index contributed by atoms with van der Waals surface area (Å²) in [5.74, 6) is 0. The highest BCUT2D eigenvalue weighted by Gasteiger charge is 2.32. The van der Waals surface area contributed by atoms with Gasteiger partial charge in [-0.3, -0.25) is 4.98 Å². The molecule has 0 aliphatic heterocycles. The molecule has 0 saturated carbocycles. The first kappa shape index (κ1) is 20.3. The predicted molar refractivity (Wildman–Crippen MR) is 114 cm³/mol. The lowest BCUT2D eigenvalue weighted by atomic mass is 10.2. The van der Waals surface area contributed by atoms with E-state index in [1.54, 1.807) is 73.8 Å². The fraction of sp³-hybridized carbons (Fsp3) is 0.0952. The number of hydrogen-bond donors (Lipinski definition) is 1. The Bertz CT molecular complexity index is 1410. The first-order valence-corrected chi connectivity index (χ1v) is 12.0. The Morgan fingerprint density at radius 2 is 1.53 bits per heavy atom. The predicted octanol–water partition coefficient (Wildman–Crippen LogP) is 3.06. The van der Waals surface area contributed by atoms with Gasteiger partial charge in [-0.05, 0) is 42.8 Å². The number of nitrogens with one attached hydrogen (secondary N) is 1. The average Bonchev–Trinajstić information content (AvgIpc) is 3.08. The lowest BCUT2D eigenvalue weighted by molar-refractivity contribution is 0.564. The van der Waals surface area contributed by atoms with Crippen LogP contribution in [0.2, 0.25) is 0 Å². The van der Waals surface area contributed by atoms with Crippen molar-refractivity contribution in [1.82, 2.24) is 13.7 Å². The van der Waals surface area contributed by atoms with E-state index in [4.69, 9.17) is 0 Å². The Morgan fingerprint density at radius 3 is 2.23 bits per heavy atom. The number of hydrogen-bond acceptors (Lipinski definition) is 5. The van der Waals surface area contributed by atoms with Crippen molar-refractivity contribution in [3.8, 4) is 0 Å².